The van der Waals surface area contributed by atoms with Crippen LogP contribution in [-0.4, -0.2) is 20.5 Å². The molecule has 112 valence electrons. The molecule has 0 aliphatic carbocycles. The summed E-state index contributed by atoms with van der Waals surface area (Å²) in [6.45, 7) is 1.92. The number of aromatic nitrogens is 3. The summed E-state index contributed by atoms with van der Waals surface area (Å²) in [6.07, 6.45) is 2.36. The number of halogens is 2. The Hall–Kier alpha value is -2.83. The van der Waals surface area contributed by atoms with E-state index in [1.54, 1.807) is 22.8 Å². The summed E-state index contributed by atoms with van der Waals surface area (Å²) < 4.78 is 27.9. The highest BCUT2D eigenvalue weighted by atomic mass is 19.1. The van der Waals surface area contributed by atoms with E-state index in [0.717, 1.165) is 12.1 Å². The Kier molecular flexibility index (Phi) is 3.54. The molecule has 0 saturated heterocycles. The molecule has 0 saturated carbocycles. The van der Waals surface area contributed by atoms with Gasteiger partial charge in [-0.05, 0) is 24.3 Å². The zero-order valence-corrected chi connectivity index (χ0v) is 11.7. The van der Waals surface area contributed by atoms with Crippen LogP contribution in [-0.2, 0) is 6.42 Å². The first-order valence-corrected chi connectivity index (χ1v) is 6.68. The van der Waals surface area contributed by atoms with Gasteiger partial charge in [-0.25, -0.2) is 18.3 Å². The molecule has 0 radical (unpaired) electrons. The van der Waals surface area contributed by atoms with E-state index in [1.165, 1.54) is 0 Å². The number of pyridine rings is 1. The summed E-state index contributed by atoms with van der Waals surface area (Å²) in [4.78, 5) is 16.4. The van der Waals surface area contributed by atoms with Crippen LogP contribution in [0.15, 0.2) is 36.5 Å². The average Bonchev–Trinajstić information content (AvgIpc) is 2.90. The van der Waals surface area contributed by atoms with Crippen LogP contribution in [0, 0.1) is 11.6 Å². The van der Waals surface area contributed by atoms with Crippen molar-refractivity contribution in [2.45, 2.75) is 13.3 Å². The maximum Gasteiger partial charge on any atom is 0.255 e. The topological polar surface area (TPSA) is 59.3 Å². The minimum atomic E-state index is -0.806. The van der Waals surface area contributed by atoms with E-state index < -0.39 is 17.5 Å². The molecular weight excluding hydrogens is 290 g/mol. The summed E-state index contributed by atoms with van der Waals surface area (Å²) in [5, 5.41) is 6.83. The Morgan fingerprint density at radius 3 is 2.68 bits per heavy atom. The molecule has 7 heteroatoms. The van der Waals surface area contributed by atoms with Gasteiger partial charge < -0.3 is 5.32 Å². The molecule has 0 atom stereocenters. The predicted octanol–water partition coefficient (Wildman–Crippen LogP) is 2.82. The number of nitrogens with one attached hydrogen (secondary N) is 1. The summed E-state index contributed by atoms with van der Waals surface area (Å²) in [7, 11) is 0. The van der Waals surface area contributed by atoms with Crippen molar-refractivity contribution in [3.8, 4) is 0 Å². The summed E-state index contributed by atoms with van der Waals surface area (Å²) >= 11 is 0. The maximum atomic E-state index is 13.2. The lowest BCUT2D eigenvalue weighted by Gasteiger charge is -2.06. The Morgan fingerprint density at radius 2 is 2.00 bits per heavy atom. The molecule has 0 aliphatic rings. The van der Waals surface area contributed by atoms with Gasteiger partial charge in [0.25, 0.3) is 5.91 Å². The lowest BCUT2D eigenvalue weighted by atomic mass is 10.2. The normalized spacial score (nSPS) is 10.9. The predicted molar refractivity (Wildman–Crippen MR) is 76.7 cm³/mol. The van der Waals surface area contributed by atoms with E-state index in [-0.39, 0.29) is 5.56 Å². The van der Waals surface area contributed by atoms with Crippen LogP contribution in [0.5, 0.6) is 0 Å². The molecule has 0 aliphatic heterocycles. The first kappa shape index (κ1) is 14.1. The molecule has 22 heavy (non-hydrogen) atoms. The molecule has 2 heterocycles. The first-order valence-electron chi connectivity index (χ1n) is 6.68. The number of carbonyl (C=O) groups excluding carboxylic acids is 1. The zero-order valence-electron chi connectivity index (χ0n) is 11.7. The van der Waals surface area contributed by atoms with Crippen LogP contribution >= 0.6 is 0 Å². The second kappa shape index (κ2) is 5.51. The molecule has 0 spiro atoms. The van der Waals surface area contributed by atoms with Gasteiger partial charge in [0.2, 0.25) is 0 Å². The minimum Gasteiger partial charge on any atom is -0.319 e. The quantitative estimate of drug-likeness (QED) is 0.809. The van der Waals surface area contributed by atoms with Crippen LogP contribution < -0.4 is 5.32 Å². The van der Waals surface area contributed by atoms with E-state index in [1.807, 2.05) is 6.92 Å². The van der Waals surface area contributed by atoms with Crippen LogP contribution in [0.25, 0.3) is 5.65 Å². The number of fused-ring (bicyclic) bond motifs is 1. The fraction of sp³-hybridized carbons (Fsp3) is 0.133. The third kappa shape index (κ3) is 2.65. The minimum absolute atomic E-state index is 0.102. The molecule has 1 amide bonds. The van der Waals surface area contributed by atoms with Gasteiger partial charge >= 0.3 is 0 Å². The van der Waals surface area contributed by atoms with Crippen molar-refractivity contribution >= 4 is 17.2 Å². The first-order chi connectivity index (χ1) is 10.6. The molecule has 0 fully saturated rings. The molecule has 2 aromatic heterocycles. The number of hydrogen-bond acceptors (Lipinski definition) is 3. The van der Waals surface area contributed by atoms with E-state index in [2.05, 4.69) is 15.4 Å². The van der Waals surface area contributed by atoms with Gasteiger partial charge in [0.1, 0.15) is 11.6 Å². The number of rotatable bonds is 3. The lowest BCUT2D eigenvalue weighted by Crippen LogP contribution is -2.13. The van der Waals surface area contributed by atoms with Gasteiger partial charge in [-0.15, -0.1) is 0 Å². The number of aryl methyl sites for hydroxylation is 1. The van der Waals surface area contributed by atoms with Gasteiger partial charge in [0, 0.05) is 24.2 Å². The molecular formula is C15H12F2N4O. The third-order valence-electron chi connectivity index (χ3n) is 3.10. The summed E-state index contributed by atoms with van der Waals surface area (Å²) in [5.41, 5.74) is 0.795. The Balaban J connectivity index is 1.95. The molecule has 3 aromatic rings. The van der Waals surface area contributed by atoms with Crippen LogP contribution in [0.3, 0.4) is 0 Å². The van der Waals surface area contributed by atoms with Crippen molar-refractivity contribution in [3.63, 3.8) is 0 Å². The monoisotopic (exact) mass is 302 g/mol. The standard InChI is InChI=1S/C15H12F2N4O/c1-2-13-19-14-12(4-3-5-21(14)20-13)18-15(22)9-6-10(16)8-11(17)7-9/h3-8H,2H2,1H3,(H,18,22). The smallest absolute Gasteiger partial charge is 0.255 e. The van der Waals surface area contributed by atoms with Crippen LogP contribution in [0.2, 0.25) is 0 Å². The Morgan fingerprint density at radius 1 is 1.27 bits per heavy atom. The van der Waals surface area contributed by atoms with Crippen LogP contribution in [0.4, 0.5) is 14.5 Å². The SMILES string of the molecule is CCc1nc2c(NC(=O)c3cc(F)cc(F)c3)cccn2n1. The molecule has 0 bridgehead atoms. The molecule has 1 N–H and O–H groups in total. The van der Waals surface area contributed by atoms with Gasteiger partial charge in [-0.1, -0.05) is 6.92 Å². The van der Waals surface area contributed by atoms with Crippen molar-refractivity contribution in [1.29, 1.82) is 0 Å². The largest absolute Gasteiger partial charge is 0.319 e. The molecule has 0 unspecified atom stereocenters. The maximum absolute atomic E-state index is 13.2. The number of benzene rings is 1. The summed E-state index contributed by atoms with van der Waals surface area (Å²) in [5.74, 6) is -1.59. The summed E-state index contributed by atoms with van der Waals surface area (Å²) in [6, 6.07) is 6.00. The van der Waals surface area contributed by atoms with Gasteiger partial charge in [-0.3, -0.25) is 4.79 Å². The van der Waals surface area contributed by atoms with Crippen molar-refractivity contribution in [1.82, 2.24) is 14.6 Å². The van der Waals surface area contributed by atoms with E-state index >= 15 is 0 Å². The van der Waals surface area contributed by atoms with Crippen LogP contribution in [0.1, 0.15) is 23.1 Å². The number of anilines is 1. The second-order valence-corrected chi connectivity index (χ2v) is 4.68. The number of amides is 1. The van der Waals surface area contributed by atoms with Gasteiger partial charge in [-0.2, -0.15) is 5.10 Å². The van der Waals surface area contributed by atoms with Crippen molar-refractivity contribution in [2.24, 2.45) is 0 Å². The number of nitrogens with zero attached hydrogens (tertiary/aromatic N) is 3. The van der Waals surface area contributed by atoms with Crippen molar-refractivity contribution in [3.05, 3.63) is 59.6 Å². The number of carbonyl (C=O) groups is 1. The second-order valence-electron chi connectivity index (χ2n) is 4.68. The van der Waals surface area contributed by atoms with E-state index in [0.29, 0.717) is 29.6 Å². The molecule has 5 nitrogen and oxygen atoms in total. The molecule has 1 aromatic carbocycles. The highest BCUT2D eigenvalue weighted by Gasteiger charge is 2.13. The van der Waals surface area contributed by atoms with E-state index in [9.17, 15) is 13.6 Å². The van der Waals surface area contributed by atoms with Gasteiger partial charge in [0.15, 0.2) is 11.5 Å². The van der Waals surface area contributed by atoms with Crippen molar-refractivity contribution in [2.75, 3.05) is 5.32 Å². The van der Waals surface area contributed by atoms with E-state index in [4.69, 9.17) is 0 Å². The lowest BCUT2D eigenvalue weighted by molar-refractivity contribution is 0.102. The van der Waals surface area contributed by atoms with Gasteiger partial charge in [0.05, 0.1) is 5.69 Å². The fourth-order valence-corrected chi connectivity index (χ4v) is 2.08. The number of hydrogen-bond donors (Lipinski definition) is 1. The average molecular weight is 302 g/mol. The highest BCUT2D eigenvalue weighted by molar-refractivity contribution is 6.05. The molecule has 3 rings (SSSR count). The Bertz CT molecular complexity index is 840. The fourth-order valence-electron chi connectivity index (χ4n) is 2.08. The zero-order chi connectivity index (χ0) is 15.7. The third-order valence-corrected chi connectivity index (χ3v) is 3.10. The Labute approximate surface area is 124 Å². The highest BCUT2D eigenvalue weighted by Crippen LogP contribution is 2.17. The van der Waals surface area contributed by atoms with Crippen molar-refractivity contribution < 1.29 is 13.6 Å².